The maximum Gasteiger partial charge on any atom is 0.191 e. The Balaban J connectivity index is 0.00000256. The number of halogens is 1. The molecule has 1 saturated carbocycles. The third-order valence-corrected chi connectivity index (χ3v) is 3.02. The lowest BCUT2D eigenvalue weighted by molar-refractivity contribution is 0.537. The summed E-state index contributed by atoms with van der Waals surface area (Å²) < 4.78 is 0. The van der Waals surface area contributed by atoms with E-state index in [0.717, 1.165) is 5.96 Å². The van der Waals surface area contributed by atoms with Gasteiger partial charge in [-0.05, 0) is 26.2 Å². The largest absolute Gasteiger partial charge is 0.354 e. The molecule has 0 bridgehead atoms. The van der Waals surface area contributed by atoms with E-state index in [1.807, 2.05) is 7.05 Å². The van der Waals surface area contributed by atoms with Crippen LogP contribution in [0.1, 0.15) is 58.8 Å². The van der Waals surface area contributed by atoms with Crippen molar-refractivity contribution in [3.05, 3.63) is 0 Å². The van der Waals surface area contributed by atoms with Gasteiger partial charge in [0.15, 0.2) is 5.96 Å². The molecule has 1 rings (SSSR count). The zero-order valence-corrected chi connectivity index (χ0v) is 13.8. The van der Waals surface area contributed by atoms with Crippen molar-refractivity contribution in [2.24, 2.45) is 4.99 Å². The van der Waals surface area contributed by atoms with Gasteiger partial charge in [-0.2, -0.15) is 0 Å². The molecule has 1 fully saturated rings. The van der Waals surface area contributed by atoms with Gasteiger partial charge in [0.05, 0.1) is 0 Å². The lowest BCUT2D eigenvalue weighted by Gasteiger charge is -2.17. The van der Waals surface area contributed by atoms with Crippen LogP contribution in [0.3, 0.4) is 0 Å². The molecule has 0 aliphatic heterocycles. The number of nitrogens with zero attached hydrogens (tertiary/aromatic N) is 1. The molecule has 0 amide bonds. The number of rotatable bonds is 7. The van der Waals surface area contributed by atoms with Crippen LogP contribution in [0.5, 0.6) is 0 Å². The second kappa shape index (κ2) is 9.97. The van der Waals surface area contributed by atoms with Crippen molar-refractivity contribution in [3.63, 3.8) is 0 Å². The number of hydrogen-bond acceptors (Lipinski definition) is 1. The monoisotopic (exact) mass is 353 g/mol. The standard InChI is InChI=1S/C13H27N3.HI/c1-4-5-6-7-8-11(2)15-13(14-3)16-12-9-10-12;/h11-12H,4-10H2,1-3H3,(H2,14,15,16);1H. The van der Waals surface area contributed by atoms with Gasteiger partial charge in [0.2, 0.25) is 0 Å². The summed E-state index contributed by atoms with van der Waals surface area (Å²) >= 11 is 0. The van der Waals surface area contributed by atoms with E-state index in [2.05, 4.69) is 29.5 Å². The van der Waals surface area contributed by atoms with Gasteiger partial charge in [-0.3, -0.25) is 4.99 Å². The van der Waals surface area contributed by atoms with Crippen molar-refractivity contribution in [2.75, 3.05) is 7.05 Å². The number of hydrogen-bond donors (Lipinski definition) is 2. The Hall–Kier alpha value is 0. The predicted molar refractivity (Wildman–Crippen MR) is 86.3 cm³/mol. The number of nitrogens with one attached hydrogen (secondary N) is 2. The van der Waals surface area contributed by atoms with Crippen LogP contribution in [0.4, 0.5) is 0 Å². The molecule has 1 unspecified atom stereocenters. The molecule has 0 aromatic rings. The predicted octanol–water partition coefficient (Wildman–Crippen LogP) is 3.29. The first-order valence-corrected chi connectivity index (χ1v) is 6.76. The maximum absolute atomic E-state index is 4.25. The third-order valence-electron chi connectivity index (χ3n) is 3.02. The summed E-state index contributed by atoms with van der Waals surface area (Å²) in [7, 11) is 1.85. The Bertz CT molecular complexity index is 215. The van der Waals surface area contributed by atoms with Gasteiger partial charge in [-0.15, -0.1) is 24.0 Å². The highest BCUT2D eigenvalue weighted by Gasteiger charge is 2.22. The normalized spacial score (nSPS) is 17.2. The molecule has 0 heterocycles. The van der Waals surface area contributed by atoms with Gasteiger partial charge >= 0.3 is 0 Å². The molecule has 2 N–H and O–H groups in total. The van der Waals surface area contributed by atoms with E-state index < -0.39 is 0 Å². The zero-order valence-electron chi connectivity index (χ0n) is 11.5. The molecule has 1 aliphatic carbocycles. The first-order valence-electron chi connectivity index (χ1n) is 6.76. The van der Waals surface area contributed by atoms with E-state index in [1.54, 1.807) is 0 Å². The minimum Gasteiger partial charge on any atom is -0.354 e. The summed E-state index contributed by atoms with van der Waals surface area (Å²) in [4.78, 5) is 4.25. The molecule has 0 saturated heterocycles. The zero-order chi connectivity index (χ0) is 11.8. The second-order valence-corrected chi connectivity index (χ2v) is 4.89. The second-order valence-electron chi connectivity index (χ2n) is 4.89. The Kier molecular flexibility index (Phi) is 9.97. The fourth-order valence-electron chi connectivity index (χ4n) is 1.77. The van der Waals surface area contributed by atoms with Gasteiger partial charge in [0.1, 0.15) is 0 Å². The van der Waals surface area contributed by atoms with E-state index in [4.69, 9.17) is 0 Å². The number of guanidine groups is 1. The maximum atomic E-state index is 4.25. The van der Waals surface area contributed by atoms with Crippen LogP contribution in [0, 0.1) is 0 Å². The van der Waals surface area contributed by atoms with Gasteiger partial charge in [0, 0.05) is 19.1 Å². The van der Waals surface area contributed by atoms with Crippen molar-refractivity contribution in [1.29, 1.82) is 0 Å². The molecule has 0 aromatic heterocycles. The van der Waals surface area contributed by atoms with Crippen molar-refractivity contribution < 1.29 is 0 Å². The lowest BCUT2D eigenvalue weighted by Crippen LogP contribution is -2.43. The summed E-state index contributed by atoms with van der Waals surface area (Å²) in [6.45, 7) is 4.49. The fourth-order valence-corrected chi connectivity index (χ4v) is 1.77. The summed E-state index contributed by atoms with van der Waals surface area (Å²) in [6, 6.07) is 1.21. The molecular weight excluding hydrogens is 325 g/mol. The minimum absolute atomic E-state index is 0. The van der Waals surface area contributed by atoms with E-state index in [9.17, 15) is 0 Å². The highest BCUT2D eigenvalue weighted by atomic mass is 127. The molecular formula is C13H28IN3. The van der Waals surface area contributed by atoms with Gasteiger partial charge in [-0.1, -0.05) is 32.6 Å². The van der Waals surface area contributed by atoms with Crippen LogP contribution < -0.4 is 10.6 Å². The van der Waals surface area contributed by atoms with Crippen molar-refractivity contribution >= 4 is 29.9 Å². The summed E-state index contributed by atoms with van der Waals surface area (Å²) in [6.07, 6.45) is 9.19. The van der Waals surface area contributed by atoms with Crippen molar-refractivity contribution in [2.45, 2.75) is 70.9 Å². The van der Waals surface area contributed by atoms with Crippen molar-refractivity contribution in [3.8, 4) is 0 Å². The minimum atomic E-state index is 0. The summed E-state index contributed by atoms with van der Waals surface area (Å²) in [5, 5.41) is 6.87. The fraction of sp³-hybridized carbons (Fsp3) is 0.923. The Labute approximate surface area is 123 Å². The molecule has 1 atom stereocenters. The molecule has 4 heteroatoms. The van der Waals surface area contributed by atoms with Gasteiger partial charge in [0.25, 0.3) is 0 Å². The molecule has 3 nitrogen and oxygen atoms in total. The molecule has 0 aromatic carbocycles. The topological polar surface area (TPSA) is 36.4 Å². The van der Waals surface area contributed by atoms with Crippen LogP contribution in [0.2, 0.25) is 0 Å². The first kappa shape index (κ1) is 17.0. The van der Waals surface area contributed by atoms with Crippen LogP contribution >= 0.6 is 24.0 Å². The van der Waals surface area contributed by atoms with E-state index >= 15 is 0 Å². The van der Waals surface area contributed by atoms with Gasteiger partial charge < -0.3 is 10.6 Å². The Morgan fingerprint density at radius 1 is 1.29 bits per heavy atom. The van der Waals surface area contributed by atoms with Crippen LogP contribution in [-0.4, -0.2) is 25.1 Å². The van der Waals surface area contributed by atoms with Crippen LogP contribution in [-0.2, 0) is 0 Å². The highest BCUT2D eigenvalue weighted by molar-refractivity contribution is 14.0. The number of aliphatic imine (C=N–C) groups is 1. The first-order chi connectivity index (χ1) is 7.76. The average molecular weight is 353 g/mol. The van der Waals surface area contributed by atoms with Crippen LogP contribution in [0.25, 0.3) is 0 Å². The number of unbranched alkanes of at least 4 members (excludes halogenated alkanes) is 3. The smallest absolute Gasteiger partial charge is 0.191 e. The van der Waals surface area contributed by atoms with E-state index in [0.29, 0.717) is 12.1 Å². The Morgan fingerprint density at radius 3 is 2.53 bits per heavy atom. The summed E-state index contributed by atoms with van der Waals surface area (Å²) in [5.41, 5.74) is 0. The van der Waals surface area contributed by atoms with Gasteiger partial charge in [-0.25, -0.2) is 0 Å². The third kappa shape index (κ3) is 8.69. The molecule has 0 radical (unpaired) electrons. The van der Waals surface area contributed by atoms with E-state index in [-0.39, 0.29) is 24.0 Å². The SMILES string of the molecule is CCCCCCC(C)NC(=NC)NC1CC1.I. The quantitative estimate of drug-likeness (QED) is 0.319. The van der Waals surface area contributed by atoms with E-state index in [1.165, 1.54) is 44.9 Å². The van der Waals surface area contributed by atoms with Crippen molar-refractivity contribution in [1.82, 2.24) is 10.6 Å². The Morgan fingerprint density at radius 2 is 2.00 bits per heavy atom. The molecule has 0 spiro atoms. The highest BCUT2D eigenvalue weighted by Crippen LogP contribution is 2.18. The summed E-state index contributed by atoms with van der Waals surface area (Å²) in [5.74, 6) is 0.977. The molecule has 1 aliphatic rings. The molecule has 102 valence electrons. The lowest BCUT2D eigenvalue weighted by atomic mass is 10.1. The van der Waals surface area contributed by atoms with Crippen LogP contribution in [0.15, 0.2) is 4.99 Å². The average Bonchev–Trinajstić information content (AvgIpc) is 3.07. The molecule has 17 heavy (non-hydrogen) atoms.